The largest absolute Gasteiger partial charge is 0.308 e. The third kappa shape index (κ3) is 3.58. The van der Waals surface area contributed by atoms with Crippen molar-refractivity contribution in [2.75, 3.05) is 6.54 Å². The minimum Gasteiger partial charge on any atom is -0.308 e. The molecule has 1 aromatic heterocycles. The normalized spacial score (nSPS) is 12.6. The maximum Gasteiger partial charge on any atom is 0.129 e. The molecule has 1 N–H and O–H groups in total. The molecule has 0 aliphatic rings. The number of halogens is 2. The Balaban J connectivity index is 2.20. The highest BCUT2D eigenvalue weighted by atomic mass is 32.1. The number of nitrogens with one attached hydrogen (secondary N) is 1. The van der Waals surface area contributed by atoms with E-state index < -0.39 is 11.6 Å². The van der Waals surface area contributed by atoms with Crippen LogP contribution in [-0.2, 0) is 6.42 Å². The first-order valence-electron chi connectivity index (χ1n) is 6.26. The van der Waals surface area contributed by atoms with Crippen LogP contribution in [0.5, 0.6) is 0 Å². The molecule has 0 aliphatic heterocycles. The monoisotopic (exact) mass is 282 g/mol. The van der Waals surface area contributed by atoms with Gasteiger partial charge in [0, 0.05) is 10.9 Å². The summed E-state index contributed by atoms with van der Waals surface area (Å²) in [4.78, 5) is 4.24. The summed E-state index contributed by atoms with van der Waals surface area (Å²) in [6, 6.07) is 3.80. The predicted octanol–water partition coefficient (Wildman–Crippen LogP) is 3.70. The average molecular weight is 282 g/mol. The molecule has 0 radical (unpaired) electrons. The van der Waals surface area contributed by atoms with E-state index in [0.717, 1.165) is 18.7 Å². The number of thiazole rings is 1. The molecule has 2 rings (SSSR count). The number of benzene rings is 1. The van der Waals surface area contributed by atoms with Gasteiger partial charge in [0.15, 0.2) is 0 Å². The van der Waals surface area contributed by atoms with Gasteiger partial charge in [-0.1, -0.05) is 13.0 Å². The van der Waals surface area contributed by atoms with Crippen molar-refractivity contribution in [1.82, 2.24) is 10.3 Å². The summed E-state index contributed by atoms with van der Waals surface area (Å²) in [5, 5.41) is 5.19. The van der Waals surface area contributed by atoms with Crippen LogP contribution in [0.4, 0.5) is 8.78 Å². The fraction of sp³-hybridized carbons (Fsp3) is 0.357. The van der Waals surface area contributed by atoms with E-state index in [1.54, 1.807) is 5.51 Å². The van der Waals surface area contributed by atoms with Crippen LogP contribution in [0.15, 0.2) is 29.1 Å². The summed E-state index contributed by atoms with van der Waals surface area (Å²) in [5.74, 6) is -1.00. The molecule has 0 amide bonds. The third-order valence-corrected chi connectivity index (χ3v) is 3.52. The van der Waals surface area contributed by atoms with Crippen molar-refractivity contribution in [1.29, 1.82) is 0 Å². The van der Waals surface area contributed by atoms with Crippen molar-refractivity contribution in [2.45, 2.75) is 25.8 Å². The molecule has 2 nitrogen and oxygen atoms in total. The van der Waals surface area contributed by atoms with Gasteiger partial charge in [-0.15, -0.1) is 11.3 Å². The molecular formula is C14H16F2N2S. The Morgan fingerprint density at radius 3 is 2.63 bits per heavy atom. The van der Waals surface area contributed by atoms with Crippen molar-refractivity contribution in [3.8, 4) is 0 Å². The van der Waals surface area contributed by atoms with Crippen LogP contribution in [0.3, 0.4) is 0 Å². The van der Waals surface area contributed by atoms with Crippen molar-refractivity contribution in [3.05, 3.63) is 52.0 Å². The van der Waals surface area contributed by atoms with Crippen LogP contribution in [0.25, 0.3) is 0 Å². The Kier molecular flexibility index (Phi) is 4.99. The lowest BCUT2D eigenvalue weighted by Crippen LogP contribution is -2.25. The van der Waals surface area contributed by atoms with Gasteiger partial charge in [-0.05, 0) is 31.5 Å². The highest BCUT2D eigenvalue weighted by Crippen LogP contribution is 2.22. The Labute approximate surface area is 115 Å². The van der Waals surface area contributed by atoms with Gasteiger partial charge >= 0.3 is 0 Å². The molecule has 1 unspecified atom stereocenters. The molecule has 0 spiro atoms. The van der Waals surface area contributed by atoms with Crippen molar-refractivity contribution >= 4 is 11.3 Å². The molecule has 0 aliphatic carbocycles. The van der Waals surface area contributed by atoms with Gasteiger partial charge < -0.3 is 5.32 Å². The third-order valence-electron chi connectivity index (χ3n) is 2.92. The van der Waals surface area contributed by atoms with Crippen LogP contribution in [0.2, 0.25) is 0 Å². The summed E-state index contributed by atoms with van der Waals surface area (Å²) in [7, 11) is 0. The lowest BCUT2D eigenvalue weighted by Gasteiger charge is -2.17. The van der Waals surface area contributed by atoms with Gasteiger partial charge in [-0.25, -0.2) is 13.8 Å². The Morgan fingerprint density at radius 1 is 1.32 bits per heavy atom. The van der Waals surface area contributed by atoms with E-state index in [4.69, 9.17) is 0 Å². The molecule has 5 heteroatoms. The highest BCUT2D eigenvalue weighted by Gasteiger charge is 2.18. The fourth-order valence-electron chi connectivity index (χ4n) is 1.93. The number of hydrogen-bond donors (Lipinski definition) is 1. The number of hydrogen-bond acceptors (Lipinski definition) is 3. The van der Waals surface area contributed by atoms with E-state index in [0.29, 0.717) is 0 Å². The standard InChI is InChI=1S/C14H16F2N2S/c1-2-6-17-13(14-8-19-9-18-14)7-10-11(15)4-3-5-12(10)16/h3-5,8-9,13,17H,2,6-7H2,1H3. The smallest absolute Gasteiger partial charge is 0.129 e. The van der Waals surface area contributed by atoms with Crippen molar-refractivity contribution in [3.63, 3.8) is 0 Å². The lowest BCUT2D eigenvalue weighted by molar-refractivity contribution is 0.484. The first-order chi connectivity index (χ1) is 9.22. The average Bonchev–Trinajstić information content (AvgIpc) is 2.91. The molecule has 1 aromatic carbocycles. The molecule has 0 saturated heterocycles. The second-order valence-corrected chi connectivity index (χ2v) is 5.04. The first-order valence-corrected chi connectivity index (χ1v) is 7.21. The molecular weight excluding hydrogens is 266 g/mol. The minimum absolute atomic E-state index is 0.115. The Hall–Kier alpha value is -1.33. The van der Waals surface area contributed by atoms with E-state index in [9.17, 15) is 8.78 Å². The predicted molar refractivity (Wildman–Crippen MR) is 73.2 cm³/mol. The summed E-state index contributed by atoms with van der Waals surface area (Å²) < 4.78 is 27.4. The summed E-state index contributed by atoms with van der Waals surface area (Å²) in [5.41, 5.74) is 2.68. The number of aromatic nitrogens is 1. The zero-order valence-corrected chi connectivity index (χ0v) is 11.5. The topological polar surface area (TPSA) is 24.9 Å². The fourth-order valence-corrected chi connectivity index (χ4v) is 2.53. The Bertz CT molecular complexity index is 494. The van der Waals surface area contributed by atoms with Crippen LogP contribution in [0.1, 0.15) is 30.6 Å². The second kappa shape index (κ2) is 6.73. The van der Waals surface area contributed by atoms with E-state index in [2.05, 4.69) is 17.2 Å². The zero-order valence-electron chi connectivity index (χ0n) is 10.7. The van der Waals surface area contributed by atoms with Gasteiger partial charge in [0.25, 0.3) is 0 Å². The van der Waals surface area contributed by atoms with Gasteiger partial charge in [0.2, 0.25) is 0 Å². The van der Waals surface area contributed by atoms with E-state index in [1.807, 2.05) is 5.38 Å². The number of rotatable bonds is 6. The zero-order chi connectivity index (χ0) is 13.7. The summed E-state index contributed by atoms with van der Waals surface area (Å²) in [6.45, 7) is 2.84. The van der Waals surface area contributed by atoms with Crippen LogP contribution in [0, 0.1) is 11.6 Å². The quantitative estimate of drug-likeness (QED) is 0.873. The highest BCUT2D eigenvalue weighted by molar-refractivity contribution is 7.07. The molecule has 102 valence electrons. The van der Waals surface area contributed by atoms with E-state index in [1.165, 1.54) is 29.5 Å². The van der Waals surface area contributed by atoms with Gasteiger partial charge in [-0.3, -0.25) is 0 Å². The molecule has 1 heterocycles. The molecule has 0 bridgehead atoms. The van der Waals surface area contributed by atoms with Gasteiger partial charge in [0.1, 0.15) is 11.6 Å². The van der Waals surface area contributed by atoms with Crippen molar-refractivity contribution < 1.29 is 8.78 Å². The molecule has 0 fully saturated rings. The minimum atomic E-state index is -0.501. The maximum atomic E-state index is 13.7. The van der Waals surface area contributed by atoms with Crippen LogP contribution < -0.4 is 5.32 Å². The first kappa shape index (κ1) is 14.1. The van der Waals surface area contributed by atoms with Gasteiger partial charge in [0.05, 0.1) is 17.2 Å². The van der Waals surface area contributed by atoms with Crippen LogP contribution in [-0.4, -0.2) is 11.5 Å². The molecule has 2 aromatic rings. The SMILES string of the molecule is CCCNC(Cc1c(F)cccc1F)c1cscn1. The maximum absolute atomic E-state index is 13.7. The molecule has 19 heavy (non-hydrogen) atoms. The van der Waals surface area contributed by atoms with E-state index >= 15 is 0 Å². The molecule has 0 saturated carbocycles. The Morgan fingerprint density at radius 2 is 2.05 bits per heavy atom. The van der Waals surface area contributed by atoms with Crippen molar-refractivity contribution in [2.24, 2.45) is 0 Å². The number of nitrogens with zero attached hydrogens (tertiary/aromatic N) is 1. The van der Waals surface area contributed by atoms with Gasteiger partial charge in [-0.2, -0.15) is 0 Å². The summed E-state index contributed by atoms with van der Waals surface area (Å²) >= 11 is 1.48. The lowest BCUT2D eigenvalue weighted by atomic mass is 10.0. The van der Waals surface area contributed by atoms with Crippen LogP contribution >= 0.6 is 11.3 Å². The molecule has 1 atom stereocenters. The van der Waals surface area contributed by atoms with E-state index in [-0.39, 0.29) is 18.0 Å². The second-order valence-electron chi connectivity index (χ2n) is 4.32. The summed E-state index contributed by atoms with van der Waals surface area (Å²) in [6.07, 6.45) is 1.22.